The van der Waals surface area contributed by atoms with Crippen LogP contribution in [0.3, 0.4) is 0 Å². The van der Waals surface area contributed by atoms with E-state index in [2.05, 4.69) is 20.8 Å². The lowest BCUT2D eigenvalue weighted by molar-refractivity contribution is -0.128. The SMILES string of the molecule is CC(C)(C)c1ccc(OS(=O)(=O)CC23CCC(CC2=O)C3(C)C)cc1.I. The Morgan fingerprint density at radius 2 is 1.73 bits per heavy atom. The number of Topliss-reactive ketones (excluding diaryl/α,β-unsaturated/α-hetero) is 1. The number of rotatable bonds is 4. The summed E-state index contributed by atoms with van der Waals surface area (Å²) in [5, 5.41) is 0. The third-order valence-electron chi connectivity index (χ3n) is 6.51. The van der Waals surface area contributed by atoms with Crippen molar-refractivity contribution in [1.29, 1.82) is 0 Å². The maximum absolute atomic E-state index is 12.7. The average Bonchev–Trinajstić information content (AvgIpc) is 2.80. The fraction of sp³-hybridized carbons (Fsp3) is 0.650. The molecule has 0 saturated heterocycles. The predicted molar refractivity (Wildman–Crippen MR) is 114 cm³/mol. The van der Waals surface area contributed by atoms with E-state index in [1.54, 1.807) is 12.1 Å². The Balaban J connectivity index is 0.00000243. The quantitative estimate of drug-likeness (QED) is 0.452. The highest BCUT2D eigenvalue weighted by Crippen LogP contribution is 2.64. The molecule has 0 aromatic heterocycles. The van der Waals surface area contributed by atoms with Crippen molar-refractivity contribution in [1.82, 2.24) is 0 Å². The number of benzene rings is 1. The van der Waals surface area contributed by atoms with Crippen molar-refractivity contribution in [2.45, 2.75) is 59.3 Å². The van der Waals surface area contributed by atoms with Gasteiger partial charge in [0, 0.05) is 6.42 Å². The van der Waals surface area contributed by atoms with Gasteiger partial charge in [0.15, 0.2) is 0 Å². The van der Waals surface area contributed by atoms with Gasteiger partial charge in [-0.05, 0) is 47.3 Å². The van der Waals surface area contributed by atoms with E-state index in [4.69, 9.17) is 4.18 Å². The van der Waals surface area contributed by atoms with Crippen LogP contribution in [0, 0.1) is 16.7 Å². The van der Waals surface area contributed by atoms with Crippen LogP contribution in [0.15, 0.2) is 24.3 Å². The minimum absolute atomic E-state index is 0. The normalized spacial score (nSPS) is 27.3. The Morgan fingerprint density at radius 1 is 1.15 bits per heavy atom. The molecule has 3 rings (SSSR count). The Labute approximate surface area is 174 Å². The van der Waals surface area contributed by atoms with Crippen LogP contribution < -0.4 is 4.18 Å². The first-order valence-electron chi connectivity index (χ1n) is 8.93. The molecule has 0 heterocycles. The summed E-state index contributed by atoms with van der Waals surface area (Å²) in [6.45, 7) is 10.4. The second-order valence-corrected chi connectivity index (χ2v) is 10.8. The average molecular weight is 492 g/mol. The molecule has 2 fully saturated rings. The Morgan fingerprint density at radius 3 is 2.15 bits per heavy atom. The lowest BCUT2D eigenvalue weighted by Crippen LogP contribution is -2.43. The minimum atomic E-state index is -3.84. The van der Waals surface area contributed by atoms with E-state index in [1.807, 2.05) is 26.0 Å². The molecule has 0 radical (unpaired) electrons. The van der Waals surface area contributed by atoms with Crippen molar-refractivity contribution in [3.63, 3.8) is 0 Å². The van der Waals surface area contributed by atoms with Crippen LogP contribution in [0.2, 0.25) is 0 Å². The molecule has 4 nitrogen and oxygen atoms in total. The third kappa shape index (κ3) is 3.55. The van der Waals surface area contributed by atoms with Crippen LogP contribution in [-0.4, -0.2) is 20.0 Å². The summed E-state index contributed by atoms with van der Waals surface area (Å²) in [6.07, 6.45) is 2.08. The van der Waals surface area contributed by atoms with Gasteiger partial charge in [-0.3, -0.25) is 4.79 Å². The van der Waals surface area contributed by atoms with Gasteiger partial charge in [0.05, 0.1) is 11.2 Å². The molecule has 2 unspecified atom stereocenters. The van der Waals surface area contributed by atoms with Gasteiger partial charge in [0.25, 0.3) is 0 Å². The molecule has 0 aliphatic heterocycles. The zero-order valence-corrected chi connectivity index (χ0v) is 19.3. The molecule has 0 amide bonds. The Hall–Kier alpha value is -0.630. The van der Waals surface area contributed by atoms with Crippen molar-refractivity contribution >= 4 is 39.9 Å². The summed E-state index contributed by atoms with van der Waals surface area (Å²) in [7, 11) is -3.84. The second-order valence-electron chi connectivity index (χ2n) is 9.23. The van der Waals surface area contributed by atoms with E-state index >= 15 is 0 Å². The maximum Gasteiger partial charge on any atom is 0.310 e. The van der Waals surface area contributed by atoms with Crippen molar-refractivity contribution in [3.05, 3.63) is 29.8 Å². The number of carbonyl (C=O) groups is 1. The molecule has 26 heavy (non-hydrogen) atoms. The molecule has 2 aliphatic carbocycles. The van der Waals surface area contributed by atoms with Gasteiger partial charge in [-0.2, -0.15) is 8.42 Å². The van der Waals surface area contributed by atoms with E-state index in [9.17, 15) is 13.2 Å². The molecule has 1 aromatic carbocycles. The van der Waals surface area contributed by atoms with Crippen LogP contribution >= 0.6 is 24.0 Å². The fourth-order valence-corrected chi connectivity index (χ4v) is 6.34. The lowest BCUT2D eigenvalue weighted by Gasteiger charge is -2.35. The van der Waals surface area contributed by atoms with Gasteiger partial charge >= 0.3 is 10.1 Å². The minimum Gasteiger partial charge on any atom is -0.382 e. The van der Waals surface area contributed by atoms with E-state index in [0.29, 0.717) is 24.5 Å². The van der Waals surface area contributed by atoms with Gasteiger partial charge in [-0.1, -0.05) is 46.8 Å². The summed E-state index contributed by atoms with van der Waals surface area (Å²) >= 11 is 0. The van der Waals surface area contributed by atoms with Crippen LogP contribution in [0.1, 0.15) is 59.4 Å². The first-order chi connectivity index (χ1) is 11.4. The first-order valence-corrected chi connectivity index (χ1v) is 10.5. The molecular formula is C20H29IO4S. The summed E-state index contributed by atoms with van der Waals surface area (Å²) in [4.78, 5) is 12.5. The highest BCUT2D eigenvalue weighted by atomic mass is 127. The van der Waals surface area contributed by atoms with Crippen molar-refractivity contribution in [2.24, 2.45) is 16.7 Å². The third-order valence-corrected chi connectivity index (χ3v) is 7.80. The molecule has 2 aliphatic rings. The number of carbonyl (C=O) groups excluding carboxylic acids is 1. The van der Waals surface area contributed by atoms with E-state index in [0.717, 1.165) is 12.0 Å². The number of fused-ring (bicyclic) bond motifs is 2. The van der Waals surface area contributed by atoms with Crippen molar-refractivity contribution in [2.75, 3.05) is 5.75 Å². The highest BCUT2D eigenvalue weighted by Gasteiger charge is 2.65. The van der Waals surface area contributed by atoms with Gasteiger partial charge in [-0.25, -0.2) is 0 Å². The van der Waals surface area contributed by atoms with Crippen LogP contribution in [0.5, 0.6) is 5.75 Å². The molecule has 2 bridgehead atoms. The van der Waals surface area contributed by atoms with Crippen LogP contribution in [-0.2, 0) is 20.3 Å². The largest absolute Gasteiger partial charge is 0.382 e. The molecule has 6 heteroatoms. The summed E-state index contributed by atoms with van der Waals surface area (Å²) in [5.41, 5.74) is 0.0372. The smallest absolute Gasteiger partial charge is 0.310 e. The zero-order valence-electron chi connectivity index (χ0n) is 16.2. The maximum atomic E-state index is 12.7. The van der Waals surface area contributed by atoms with Crippen molar-refractivity contribution in [3.8, 4) is 5.75 Å². The molecule has 0 spiro atoms. The first kappa shape index (κ1) is 21.7. The number of hydrogen-bond donors (Lipinski definition) is 0. The number of ketones is 1. The topological polar surface area (TPSA) is 60.4 Å². The molecule has 2 saturated carbocycles. The monoisotopic (exact) mass is 492 g/mol. The predicted octanol–water partition coefficient (Wildman–Crippen LogP) is 4.71. The van der Waals surface area contributed by atoms with Gasteiger partial charge < -0.3 is 4.18 Å². The van der Waals surface area contributed by atoms with Crippen molar-refractivity contribution < 1.29 is 17.4 Å². The van der Waals surface area contributed by atoms with E-state index < -0.39 is 15.5 Å². The standard InChI is InChI=1S/C20H28O4S.HI/c1-18(2,3)14-6-8-16(9-7-14)24-25(22,23)13-20-11-10-15(12-17(20)21)19(20,4)5;/h6-9,15H,10-13H2,1-5H3;1H. The summed E-state index contributed by atoms with van der Waals surface area (Å²) in [5.74, 6) is 0.469. The van der Waals surface area contributed by atoms with Gasteiger partial charge in [0.1, 0.15) is 11.5 Å². The van der Waals surface area contributed by atoms with Crippen LogP contribution in [0.4, 0.5) is 0 Å². The fourth-order valence-electron chi connectivity index (χ4n) is 4.60. The van der Waals surface area contributed by atoms with Crippen LogP contribution in [0.25, 0.3) is 0 Å². The van der Waals surface area contributed by atoms with Gasteiger partial charge in [-0.15, -0.1) is 24.0 Å². The number of hydrogen-bond acceptors (Lipinski definition) is 4. The van der Waals surface area contributed by atoms with Gasteiger partial charge in [0.2, 0.25) is 0 Å². The Kier molecular flexibility index (Phi) is 5.63. The van der Waals surface area contributed by atoms with E-state index in [-0.39, 0.29) is 46.3 Å². The number of halogens is 1. The molecule has 1 aromatic rings. The lowest BCUT2D eigenvalue weighted by atomic mass is 9.70. The molecule has 2 atom stereocenters. The Bertz CT molecular complexity index is 790. The second kappa shape index (κ2) is 6.76. The summed E-state index contributed by atoms with van der Waals surface area (Å²) in [6, 6.07) is 7.16. The summed E-state index contributed by atoms with van der Waals surface area (Å²) < 4.78 is 30.7. The van der Waals surface area contributed by atoms with E-state index in [1.165, 1.54) is 0 Å². The molecule has 146 valence electrons. The highest BCUT2D eigenvalue weighted by molar-refractivity contribution is 14.0. The molecular weight excluding hydrogens is 463 g/mol. The molecule has 0 N–H and O–H groups in total. The zero-order chi connectivity index (χ0) is 18.7.